The van der Waals surface area contributed by atoms with Gasteiger partial charge in [0.25, 0.3) is 0 Å². The summed E-state index contributed by atoms with van der Waals surface area (Å²) in [5.74, 6) is -0.140. The Bertz CT molecular complexity index is 875. The number of nitrogens with zero attached hydrogens (tertiary/aromatic N) is 2. The van der Waals surface area contributed by atoms with Crippen LogP contribution in [0.2, 0.25) is 0 Å². The summed E-state index contributed by atoms with van der Waals surface area (Å²) in [4.78, 5) is 16.4. The fourth-order valence-corrected chi connectivity index (χ4v) is 4.94. The van der Waals surface area contributed by atoms with Crippen LogP contribution in [0.3, 0.4) is 0 Å². The molecule has 0 aromatic heterocycles. The molecule has 1 fully saturated rings. The number of fused-ring (bicyclic) bond motifs is 1. The van der Waals surface area contributed by atoms with Crippen LogP contribution in [0, 0.1) is 5.82 Å². The number of piperidine rings is 1. The zero-order valence-electron chi connectivity index (χ0n) is 18.6. The van der Waals surface area contributed by atoms with E-state index >= 15 is 0 Å². The fraction of sp³-hybridized carbons (Fsp3) is 0.500. The van der Waals surface area contributed by atoms with E-state index in [2.05, 4.69) is 33.3 Å². The van der Waals surface area contributed by atoms with Crippen molar-refractivity contribution in [1.82, 2.24) is 10.2 Å². The third-order valence-corrected chi connectivity index (χ3v) is 6.72. The van der Waals surface area contributed by atoms with Gasteiger partial charge in [-0.2, -0.15) is 0 Å². The minimum atomic E-state index is -0.156. The highest BCUT2D eigenvalue weighted by Gasteiger charge is 2.29. The normalized spacial score (nSPS) is 17.0. The second-order valence-electron chi connectivity index (χ2n) is 8.97. The average molecular weight is 424 g/mol. The number of amides is 1. The topological polar surface area (TPSA) is 35.6 Å². The maximum absolute atomic E-state index is 13.0. The van der Waals surface area contributed by atoms with Crippen molar-refractivity contribution in [2.45, 2.75) is 58.0 Å². The van der Waals surface area contributed by atoms with Crippen molar-refractivity contribution in [2.24, 2.45) is 0 Å². The van der Waals surface area contributed by atoms with Gasteiger partial charge in [-0.05, 0) is 80.0 Å². The fourth-order valence-electron chi connectivity index (χ4n) is 4.94. The van der Waals surface area contributed by atoms with E-state index in [1.807, 2.05) is 12.1 Å². The molecule has 2 aromatic carbocycles. The molecule has 2 heterocycles. The highest BCUT2D eigenvalue weighted by Crippen LogP contribution is 2.33. The first-order valence-electron chi connectivity index (χ1n) is 11.7. The summed E-state index contributed by atoms with van der Waals surface area (Å²) in [5.41, 5.74) is 5.22. The van der Waals surface area contributed by atoms with Gasteiger partial charge in [0, 0.05) is 44.8 Å². The van der Waals surface area contributed by atoms with Crippen LogP contribution in [0.5, 0.6) is 0 Å². The lowest BCUT2D eigenvalue weighted by atomic mass is 10.0. The van der Waals surface area contributed by atoms with Crippen LogP contribution >= 0.6 is 0 Å². The quantitative estimate of drug-likeness (QED) is 0.643. The minimum Gasteiger partial charge on any atom is -0.368 e. The number of anilines is 1. The molecule has 4 rings (SSSR count). The summed E-state index contributed by atoms with van der Waals surface area (Å²) in [7, 11) is 0. The van der Waals surface area contributed by atoms with Crippen molar-refractivity contribution in [2.75, 3.05) is 31.1 Å². The molecule has 5 heteroatoms. The molecular formula is C26H34FN3O. The molecular weight excluding hydrogens is 389 g/mol. The summed E-state index contributed by atoms with van der Waals surface area (Å²) >= 11 is 0. The summed E-state index contributed by atoms with van der Waals surface area (Å²) in [5, 5.41) is 2.91. The molecule has 166 valence electrons. The van der Waals surface area contributed by atoms with Gasteiger partial charge >= 0.3 is 0 Å². The third kappa shape index (κ3) is 5.85. The van der Waals surface area contributed by atoms with Gasteiger partial charge in [-0.25, -0.2) is 4.39 Å². The molecule has 0 unspecified atom stereocenters. The van der Waals surface area contributed by atoms with E-state index in [1.54, 1.807) is 19.1 Å². The van der Waals surface area contributed by atoms with Gasteiger partial charge in [0.15, 0.2) is 0 Å². The number of rotatable bonds is 8. The van der Waals surface area contributed by atoms with Crippen molar-refractivity contribution in [3.63, 3.8) is 0 Å². The maximum atomic E-state index is 13.0. The molecule has 1 saturated heterocycles. The summed E-state index contributed by atoms with van der Waals surface area (Å²) in [6.45, 7) is 6.77. The van der Waals surface area contributed by atoms with E-state index in [0.717, 1.165) is 32.4 Å². The summed E-state index contributed by atoms with van der Waals surface area (Å²) in [6, 6.07) is 14.2. The maximum Gasteiger partial charge on any atom is 0.217 e. The first kappa shape index (κ1) is 21.8. The minimum absolute atomic E-state index is 0.0161. The van der Waals surface area contributed by atoms with Crippen molar-refractivity contribution >= 4 is 11.6 Å². The van der Waals surface area contributed by atoms with Crippen LogP contribution in [0.4, 0.5) is 10.1 Å². The van der Waals surface area contributed by atoms with Crippen LogP contribution in [-0.4, -0.2) is 43.0 Å². The Labute approximate surface area is 185 Å². The van der Waals surface area contributed by atoms with Gasteiger partial charge in [0.05, 0.1) is 0 Å². The van der Waals surface area contributed by atoms with Gasteiger partial charge in [-0.1, -0.05) is 24.3 Å². The Morgan fingerprint density at radius 3 is 2.52 bits per heavy atom. The SMILES string of the molecule is CC(=O)NCc1ccc2c(c1)N(C1CCN(CCCCc3ccc(F)cc3)CC1)CC2. The molecule has 1 amide bonds. The molecule has 2 aliphatic heterocycles. The van der Waals surface area contributed by atoms with E-state index in [0.29, 0.717) is 12.6 Å². The summed E-state index contributed by atoms with van der Waals surface area (Å²) < 4.78 is 13.0. The van der Waals surface area contributed by atoms with Crippen LogP contribution in [0.1, 0.15) is 49.3 Å². The second-order valence-corrected chi connectivity index (χ2v) is 8.97. The first-order chi connectivity index (χ1) is 15.1. The molecule has 2 aliphatic rings. The zero-order valence-corrected chi connectivity index (χ0v) is 18.6. The molecule has 4 nitrogen and oxygen atoms in total. The van der Waals surface area contributed by atoms with Crippen LogP contribution in [0.15, 0.2) is 42.5 Å². The Kier molecular flexibility index (Phi) is 7.23. The van der Waals surface area contributed by atoms with E-state index in [4.69, 9.17) is 0 Å². The number of unbranched alkanes of at least 4 members (excludes halogenated alkanes) is 1. The van der Waals surface area contributed by atoms with Gasteiger partial charge < -0.3 is 15.1 Å². The zero-order chi connectivity index (χ0) is 21.6. The lowest BCUT2D eigenvalue weighted by molar-refractivity contribution is -0.119. The monoisotopic (exact) mass is 423 g/mol. The Morgan fingerprint density at radius 2 is 1.77 bits per heavy atom. The highest BCUT2D eigenvalue weighted by molar-refractivity contribution is 5.73. The number of aryl methyl sites for hydroxylation is 1. The number of carbonyl (C=O) groups excluding carboxylic acids is 1. The molecule has 0 atom stereocenters. The smallest absolute Gasteiger partial charge is 0.217 e. The number of benzene rings is 2. The van der Waals surface area contributed by atoms with E-state index in [1.165, 1.54) is 54.7 Å². The molecule has 2 aromatic rings. The molecule has 1 N–H and O–H groups in total. The van der Waals surface area contributed by atoms with Crippen molar-refractivity contribution < 1.29 is 9.18 Å². The van der Waals surface area contributed by atoms with E-state index < -0.39 is 0 Å². The predicted octanol–water partition coefficient (Wildman–Crippen LogP) is 4.31. The van der Waals surface area contributed by atoms with Crippen molar-refractivity contribution in [3.8, 4) is 0 Å². The second kappa shape index (κ2) is 10.3. The molecule has 0 spiro atoms. The number of nitrogens with one attached hydrogen (secondary N) is 1. The number of halogens is 1. The number of carbonyl (C=O) groups is 1. The standard InChI is InChI=1S/C26H34FN3O/c1-20(31)28-19-22-5-8-23-11-17-30(26(23)18-22)25-12-15-29(16-13-25)14-3-2-4-21-6-9-24(27)10-7-21/h5-10,18,25H,2-4,11-17,19H2,1H3,(H,28,31). The third-order valence-electron chi connectivity index (χ3n) is 6.72. The molecule has 0 aliphatic carbocycles. The Balaban J connectivity index is 1.22. The van der Waals surface area contributed by atoms with Crippen molar-refractivity contribution in [1.29, 1.82) is 0 Å². The molecule has 0 radical (unpaired) electrons. The van der Waals surface area contributed by atoms with Gasteiger partial charge in [-0.3, -0.25) is 4.79 Å². The number of hydrogen-bond acceptors (Lipinski definition) is 3. The number of likely N-dealkylation sites (tertiary alicyclic amines) is 1. The van der Waals surface area contributed by atoms with E-state index in [9.17, 15) is 9.18 Å². The molecule has 0 saturated carbocycles. The molecule has 31 heavy (non-hydrogen) atoms. The van der Waals surface area contributed by atoms with Crippen molar-refractivity contribution in [3.05, 3.63) is 65.0 Å². The molecule has 0 bridgehead atoms. The van der Waals surface area contributed by atoms with E-state index in [-0.39, 0.29) is 11.7 Å². The van der Waals surface area contributed by atoms with Crippen LogP contribution < -0.4 is 10.2 Å². The summed E-state index contributed by atoms with van der Waals surface area (Å²) in [6.07, 6.45) is 6.94. The Hall–Kier alpha value is -2.40. The number of hydrogen-bond donors (Lipinski definition) is 1. The van der Waals surface area contributed by atoms with Crippen LogP contribution in [0.25, 0.3) is 0 Å². The highest BCUT2D eigenvalue weighted by atomic mass is 19.1. The predicted molar refractivity (Wildman–Crippen MR) is 124 cm³/mol. The van der Waals surface area contributed by atoms with Crippen LogP contribution in [-0.2, 0) is 24.2 Å². The Morgan fingerprint density at radius 1 is 1.03 bits per heavy atom. The van der Waals surface area contributed by atoms with Gasteiger partial charge in [0.1, 0.15) is 5.82 Å². The lowest BCUT2D eigenvalue weighted by Crippen LogP contribution is -2.44. The average Bonchev–Trinajstić information content (AvgIpc) is 3.20. The first-order valence-corrected chi connectivity index (χ1v) is 11.7. The lowest BCUT2D eigenvalue weighted by Gasteiger charge is -2.38. The van der Waals surface area contributed by atoms with Gasteiger partial charge in [0.2, 0.25) is 5.91 Å². The largest absolute Gasteiger partial charge is 0.368 e. The van der Waals surface area contributed by atoms with Gasteiger partial charge in [-0.15, -0.1) is 0 Å².